The van der Waals surface area contributed by atoms with Gasteiger partial charge in [-0.15, -0.1) is 0 Å². The van der Waals surface area contributed by atoms with Gasteiger partial charge in [0, 0.05) is 12.2 Å². The first-order chi connectivity index (χ1) is 9.20. The first-order valence-electron chi connectivity index (χ1n) is 6.27. The fourth-order valence-electron chi connectivity index (χ4n) is 1.94. The molecule has 2 rings (SSSR count). The van der Waals surface area contributed by atoms with E-state index in [1.54, 1.807) is 31.4 Å². The molecule has 1 N–H and O–H groups in total. The van der Waals surface area contributed by atoms with Gasteiger partial charge in [-0.2, -0.15) is 0 Å². The normalized spacial score (nSPS) is 18.1. The second-order valence-electron chi connectivity index (χ2n) is 4.37. The number of hydrogen-bond donors (Lipinski definition) is 1. The standard InChI is InChI=1S/C14H17NO4/c1-18-11-6-4-10(5-7-11)12(16)9-15-14(17)13-3-2-8-19-13/h4-7,13H,2-3,8-9H2,1H3,(H,15,17). The Kier molecular flexibility index (Phi) is 4.52. The van der Waals surface area contributed by atoms with Crippen LogP contribution in [-0.2, 0) is 9.53 Å². The van der Waals surface area contributed by atoms with Crippen LogP contribution in [0.15, 0.2) is 24.3 Å². The van der Waals surface area contributed by atoms with Crippen LogP contribution in [0.3, 0.4) is 0 Å². The molecule has 1 fully saturated rings. The maximum Gasteiger partial charge on any atom is 0.249 e. The highest BCUT2D eigenvalue weighted by Gasteiger charge is 2.23. The van der Waals surface area contributed by atoms with Gasteiger partial charge in [0.15, 0.2) is 5.78 Å². The molecule has 1 saturated heterocycles. The monoisotopic (exact) mass is 263 g/mol. The molecule has 1 unspecified atom stereocenters. The van der Waals surface area contributed by atoms with Crippen LogP contribution in [0.2, 0.25) is 0 Å². The molecule has 0 saturated carbocycles. The fraction of sp³-hybridized carbons (Fsp3) is 0.429. The van der Waals surface area contributed by atoms with E-state index in [0.717, 1.165) is 12.8 Å². The summed E-state index contributed by atoms with van der Waals surface area (Å²) in [6.07, 6.45) is 1.22. The summed E-state index contributed by atoms with van der Waals surface area (Å²) in [6, 6.07) is 6.79. The average Bonchev–Trinajstić information content (AvgIpc) is 2.98. The number of Topliss-reactive ketones (excluding diaryl/α,β-unsaturated/α-hetero) is 1. The zero-order valence-corrected chi connectivity index (χ0v) is 10.8. The van der Waals surface area contributed by atoms with Gasteiger partial charge in [0.1, 0.15) is 11.9 Å². The van der Waals surface area contributed by atoms with Crippen molar-refractivity contribution in [1.82, 2.24) is 5.32 Å². The Balaban J connectivity index is 1.84. The zero-order valence-electron chi connectivity index (χ0n) is 10.8. The highest BCUT2D eigenvalue weighted by molar-refractivity contribution is 5.99. The maximum atomic E-state index is 11.9. The Bertz CT molecular complexity index is 449. The van der Waals surface area contributed by atoms with Crippen LogP contribution in [0.1, 0.15) is 23.2 Å². The molecule has 5 nitrogen and oxygen atoms in total. The molecule has 1 atom stereocenters. The van der Waals surface area contributed by atoms with Crippen molar-refractivity contribution in [2.75, 3.05) is 20.3 Å². The van der Waals surface area contributed by atoms with Gasteiger partial charge in [-0.1, -0.05) is 0 Å². The molecule has 0 aromatic heterocycles. The molecule has 5 heteroatoms. The van der Waals surface area contributed by atoms with E-state index in [4.69, 9.17) is 9.47 Å². The molecule has 1 amide bonds. The number of ketones is 1. The first-order valence-corrected chi connectivity index (χ1v) is 6.27. The summed E-state index contributed by atoms with van der Waals surface area (Å²) in [4.78, 5) is 23.5. The third-order valence-electron chi connectivity index (χ3n) is 3.06. The topological polar surface area (TPSA) is 64.6 Å². The SMILES string of the molecule is COc1ccc(C(=O)CNC(=O)C2CCCO2)cc1. The van der Waals surface area contributed by atoms with E-state index in [-0.39, 0.29) is 18.2 Å². The van der Waals surface area contributed by atoms with Crippen molar-refractivity contribution in [3.63, 3.8) is 0 Å². The molecule has 0 spiro atoms. The number of carbonyl (C=O) groups excluding carboxylic acids is 2. The molecule has 1 aromatic rings. The van der Waals surface area contributed by atoms with E-state index in [2.05, 4.69) is 5.32 Å². The molecular weight excluding hydrogens is 246 g/mol. The van der Waals surface area contributed by atoms with Gasteiger partial charge in [0.25, 0.3) is 0 Å². The van der Waals surface area contributed by atoms with Crippen molar-refractivity contribution < 1.29 is 19.1 Å². The lowest BCUT2D eigenvalue weighted by Crippen LogP contribution is -2.37. The second-order valence-corrected chi connectivity index (χ2v) is 4.37. The molecular formula is C14H17NO4. The molecule has 19 heavy (non-hydrogen) atoms. The summed E-state index contributed by atoms with van der Waals surface area (Å²) in [5, 5.41) is 2.61. The van der Waals surface area contributed by atoms with Crippen molar-refractivity contribution in [3.8, 4) is 5.75 Å². The van der Waals surface area contributed by atoms with Crippen molar-refractivity contribution >= 4 is 11.7 Å². The number of methoxy groups -OCH3 is 1. The van der Waals surface area contributed by atoms with Crippen molar-refractivity contribution in [2.45, 2.75) is 18.9 Å². The highest BCUT2D eigenvalue weighted by atomic mass is 16.5. The quantitative estimate of drug-likeness (QED) is 0.810. The van der Waals surface area contributed by atoms with Gasteiger partial charge >= 0.3 is 0 Å². The predicted octanol–water partition coefficient (Wildman–Crippen LogP) is 1.17. The number of carbonyl (C=O) groups is 2. The molecule has 1 aromatic carbocycles. The predicted molar refractivity (Wildman–Crippen MR) is 69.3 cm³/mol. The first kappa shape index (κ1) is 13.5. The average molecular weight is 263 g/mol. The van der Waals surface area contributed by atoms with E-state index in [0.29, 0.717) is 17.9 Å². The summed E-state index contributed by atoms with van der Waals surface area (Å²) < 4.78 is 10.3. The number of ether oxygens (including phenoxy) is 2. The van der Waals surface area contributed by atoms with E-state index < -0.39 is 6.10 Å². The van der Waals surface area contributed by atoms with Crippen LogP contribution in [0.5, 0.6) is 5.75 Å². The van der Waals surface area contributed by atoms with Crippen molar-refractivity contribution in [1.29, 1.82) is 0 Å². The summed E-state index contributed by atoms with van der Waals surface area (Å²) in [7, 11) is 1.57. The maximum absolute atomic E-state index is 11.9. The van der Waals surface area contributed by atoms with Crippen LogP contribution in [0.4, 0.5) is 0 Å². The smallest absolute Gasteiger partial charge is 0.249 e. The third-order valence-corrected chi connectivity index (χ3v) is 3.06. The van der Waals surface area contributed by atoms with E-state index >= 15 is 0 Å². The number of hydrogen-bond acceptors (Lipinski definition) is 4. The van der Waals surface area contributed by atoms with Gasteiger partial charge in [-0.25, -0.2) is 0 Å². The molecule has 0 aliphatic carbocycles. The molecule has 102 valence electrons. The van der Waals surface area contributed by atoms with Crippen LogP contribution in [0, 0.1) is 0 Å². The molecule has 1 aliphatic rings. The number of benzene rings is 1. The number of rotatable bonds is 5. The van der Waals surface area contributed by atoms with Crippen LogP contribution < -0.4 is 10.1 Å². The lowest BCUT2D eigenvalue weighted by atomic mass is 10.1. The number of amides is 1. The zero-order chi connectivity index (χ0) is 13.7. The Hall–Kier alpha value is -1.88. The number of nitrogens with one attached hydrogen (secondary N) is 1. The summed E-state index contributed by atoms with van der Waals surface area (Å²) in [6.45, 7) is 0.607. The largest absolute Gasteiger partial charge is 0.497 e. The molecule has 1 heterocycles. The fourth-order valence-corrected chi connectivity index (χ4v) is 1.94. The van der Waals surface area contributed by atoms with Crippen molar-refractivity contribution in [3.05, 3.63) is 29.8 Å². The molecule has 0 radical (unpaired) electrons. The van der Waals surface area contributed by atoms with Crippen molar-refractivity contribution in [2.24, 2.45) is 0 Å². The summed E-state index contributed by atoms with van der Waals surface area (Å²) in [5.74, 6) is 0.355. The van der Waals surface area contributed by atoms with Gasteiger partial charge in [-0.3, -0.25) is 9.59 Å². The van der Waals surface area contributed by atoms with E-state index in [1.165, 1.54) is 0 Å². The second kappa shape index (κ2) is 6.33. The van der Waals surface area contributed by atoms with E-state index in [1.807, 2.05) is 0 Å². The Morgan fingerprint density at radius 3 is 2.68 bits per heavy atom. The Labute approximate surface area is 111 Å². The van der Waals surface area contributed by atoms with Gasteiger partial charge in [0.2, 0.25) is 5.91 Å². The minimum absolute atomic E-state index is 0.00891. The minimum Gasteiger partial charge on any atom is -0.497 e. The van der Waals surface area contributed by atoms with Gasteiger partial charge in [0.05, 0.1) is 13.7 Å². The summed E-state index contributed by atoms with van der Waals surface area (Å²) in [5.41, 5.74) is 0.549. The lowest BCUT2D eigenvalue weighted by molar-refractivity contribution is -0.129. The molecule has 0 bridgehead atoms. The third kappa shape index (κ3) is 3.54. The lowest BCUT2D eigenvalue weighted by Gasteiger charge is -2.09. The van der Waals surface area contributed by atoms with Gasteiger partial charge < -0.3 is 14.8 Å². The van der Waals surface area contributed by atoms with E-state index in [9.17, 15) is 9.59 Å². The Morgan fingerprint density at radius 1 is 1.37 bits per heavy atom. The minimum atomic E-state index is -0.399. The van der Waals surface area contributed by atoms with Crippen LogP contribution >= 0.6 is 0 Å². The van der Waals surface area contributed by atoms with Gasteiger partial charge in [-0.05, 0) is 37.1 Å². The Morgan fingerprint density at radius 2 is 2.11 bits per heavy atom. The van der Waals surface area contributed by atoms with Crippen LogP contribution in [0.25, 0.3) is 0 Å². The summed E-state index contributed by atoms with van der Waals surface area (Å²) >= 11 is 0. The van der Waals surface area contributed by atoms with Crippen LogP contribution in [-0.4, -0.2) is 38.1 Å². The highest BCUT2D eigenvalue weighted by Crippen LogP contribution is 2.13. The molecule has 1 aliphatic heterocycles.